The molecule has 1 heterocycles. The van der Waals surface area contributed by atoms with Crippen molar-refractivity contribution in [2.75, 3.05) is 11.9 Å². The van der Waals surface area contributed by atoms with Crippen LogP contribution < -0.4 is 10.6 Å². The molecule has 1 aromatic heterocycles. The Morgan fingerprint density at radius 2 is 2.00 bits per heavy atom. The van der Waals surface area contributed by atoms with Crippen LogP contribution >= 0.6 is 0 Å². The first-order chi connectivity index (χ1) is 8.74. The summed E-state index contributed by atoms with van der Waals surface area (Å²) >= 11 is 0. The van der Waals surface area contributed by atoms with E-state index in [0.717, 1.165) is 17.4 Å². The zero-order chi connectivity index (χ0) is 13.0. The zero-order valence-electron chi connectivity index (χ0n) is 11.6. The third kappa shape index (κ3) is 3.02. The van der Waals surface area contributed by atoms with Crippen LogP contribution in [-0.2, 0) is 6.54 Å². The Labute approximate surface area is 110 Å². The summed E-state index contributed by atoms with van der Waals surface area (Å²) in [4.78, 5) is 6.94. The number of hydrogen-bond acceptors (Lipinski definition) is 3. The highest BCUT2D eigenvalue weighted by Crippen LogP contribution is 2.30. The molecule has 0 atom stereocenters. The van der Waals surface area contributed by atoms with Crippen LogP contribution in [0.25, 0.3) is 0 Å². The van der Waals surface area contributed by atoms with E-state index >= 15 is 0 Å². The van der Waals surface area contributed by atoms with Crippen LogP contribution in [0.1, 0.15) is 44.7 Å². The maximum atomic E-state index is 5.65. The lowest BCUT2D eigenvalue weighted by atomic mass is 9.84. The lowest BCUT2D eigenvalue weighted by molar-refractivity contribution is 0.313. The van der Waals surface area contributed by atoms with E-state index in [1.54, 1.807) is 0 Å². The molecule has 0 amide bonds. The molecule has 2 rings (SSSR count). The van der Waals surface area contributed by atoms with Crippen molar-refractivity contribution >= 4 is 5.82 Å². The number of nitrogens with two attached hydrogens (primary N) is 1. The predicted octanol–water partition coefficient (Wildman–Crippen LogP) is 2.95. The summed E-state index contributed by atoms with van der Waals surface area (Å²) in [6.07, 6.45) is 6.65. The minimum absolute atomic E-state index is 0.518. The molecule has 1 aromatic rings. The van der Waals surface area contributed by atoms with Crippen molar-refractivity contribution in [2.45, 2.75) is 51.6 Å². The van der Waals surface area contributed by atoms with E-state index < -0.39 is 0 Å². The van der Waals surface area contributed by atoms with Crippen molar-refractivity contribution in [2.24, 2.45) is 11.7 Å². The van der Waals surface area contributed by atoms with Crippen molar-refractivity contribution in [1.82, 2.24) is 4.98 Å². The van der Waals surface area contributed by atoms with Gasteiger partial charge in [0, 0.05) is 19.6 Å². The Hall–Kier alpha value is -1.09. The maximum absolute atomic E-state index is 5.65. The zero-order valence-corrected chi connectivity index (χ0v) is 11.6. The van der Waals surface area contributed by atoms with Crippen LogP contribution in [0.15, 0.2) is 18.2 Å². The van der Waals surface area contributed by atoms with Crippen LogP contribution in [-0.4, -0.2) is 18.1 Å². The summed E-state index contributed by atoms with van der Waals surface area (Å²) in [6.45, 7) is 2.82. The largest absolute Gasteiger partial charge is 0.357 e. The number of anilines is 1. The molecule has 100 valence electrons. The van der Waals surface area contributed by atoms with Crippen molar-refractivity contribution in [1.29, 1.82) is 0 Å². The number of hydrogen-bond donors (Lipinski definition) is 1. The van der Waals surface area contributed by atoms with Gasteiger partial charge in [-0.15, -0.1) is 0 Å². The summed E-state index contributed by atoms with van der Waals surface area (Å²) in [5, 5.41) is 0. The van der Waals surface area contributed by atoms with Crippen molar-refractivity contribution in [3.05, 3.63) is 23.9 Å². The molecule has 1 saturated carbocycles. The van der Waals surface area contributed by atoms with Gasteiger partial charge in [-0.05, 0) is 43.7 Å². The highest BCUT2D eigenvalue weighted by Gasteiger charge is 2.23. The number of rotatable bonds is 4. The van der Waals surface area contributed by atoms with Crippen molar-refractivity contribution in [3.63, 3.8) is 0 Å². The molecule has 1 aliphatic carbocycles. The summed E-state index contributed by atoms with van der Waals surface area (Å²) in [7, 11) is 2.17. The minimum Gasteiger partial charge on any atom is -0.357 e. The molecule has 1 aliphatic rings. The summed E-state index contributed by atoms with van der Waals surface area (Å²) in [6, 6.07) is 6.78. The van der Waals surface area contributed by atoms with Gasteiger partial charge in [-0.25, -0.2) is 4.98 Å². The van der Waals surface area contributed by atoms with Crippen LogP contribution in [0.5, 0.6) is 0 Å². The third-order valence-electron chi connectivity index (χ3n) is 4.30. The van der Waals surface area contributed by atoms with Crippen LogP contribution in [0.3, 0.4) is 0 Å². The molecule has 3 nitrogen and oxygen atoms in total. The van der Waals surface area contributed by atoms with E-state index in [4.69, 9.17) is 5.73 Å². The molecular formula is C15H25N3. The number of nitrogens with zero attached hydrogens (tertiary/aromatic N) is 2. The molecule has 3 heteroatoms. The van der Waals surface area contributed by atoms with Crippen LogP contribution in [0, 0.1) is 5.92 Å². The molecule has 0 aliphatic heterocycles. The predicted molar refractivity (Wildman–Crippen MR) is 76.6 cm³/mol. The Morgan fingerprint density at radius 1 is 1.28 bits per heavy atom. The first kappa shape index (κ1) is 13.3. The van der Waals surface area contributed by atoms with Gasteiger partial charge in [-0.2, -0.15) is 0 Å². The van der Waals surface area contributed by atoms with E-state index in [2.05, 4.69) is 36.0 Å². The van der Waals surface area contributed by atoms with Gasteiger partial charge >= 0.3 is 0 Å². The highest BCUT2D eigenvalue weighted by atomic mass is 15.2. The van der Waals surface area contributed by atoms with Gasteiger partial charge < -0.3 is 10.6 Å². The molecule has 0 saturated heterocycles. The van der Waals surface area contributed by atoms with E-state index in [-0.39, 0.29) is 0 Å². The van der Waals surface area contributed by atoms with Crippen molar-refractivity contribution in [3.8, 4) is 0 Å². The fourth-order valence-electron chi connectivity index (χ4n) is 2.90. The van der Waals surface area contributed by atoms with Gasteiger partial charge in [0.25, 0.3) is 0 Å². The maximum Gasteiger partial charge on any atom is 0.128 e. The first-order valence-electron chi connectivity index (χ1n) is 7.13. The quantitative estimate of drug-likeness (QED) is 0.889. The fraction of sp³-hybridized carbons (Fsp3) is 0.667. The summed E-state index contributed by atoms with van der Waals surface area (Å²) in [5.41, 5.74) is 6.63. The monoisotopic (exact) mass is 247 g/mol. The summed E-state index contributed by atoms with van der Waals surface area (Å²) in [5.74, 6) is 2.01. The molecule has 18 heavy (non-hydrogen) atoms. The van der Waals surface area contributed by atoms with E-state index in [1.165, 1.54) is 32.1 Å². The SMILES string of the molecule is CCC1CCC(N(C)c2cccc(CN)n2)CC1. The van der Waals surface area contributed by atoms with Gasteiger partial charge in [-0.1, -0.05) is 19.4 Å². The van der Waals surface area contributed by atoms with Gasteiger partial charge in [0.15, 0.2) is 0 Å². The molecule has 1 fully saturated rings. The Kier molecular flexibility index (Phi) is 4.59. The van der Waals surface area contributed by atoms with Gasteiger partial charge in [0.2, 0.25) is 0 Å². The molecule has 0 aromatic carbocycles. The molecule has 0 radical (unpaired) electrons. The second-order valence-corrected chi connectivity index (χ2v) is 5.38. The Balaban J connectivity index is 2.00. The molecule has 0 spiro atoms. The van der Waals surface area contributed by atoms with Gasteiger partial charge in [0.05, 0.1) is 5.69 Å². The summed E-state index contributed by atoms with van der Waals surface area (Å²) < 4.78 is 0. The Morgan fingerprint density at radius 3 is 2.61 bits per heavy atom. The van der Waals surface area contributed by atoms with E-state index in [0.29, 0.717) is 12.6 Å². The van der Waals surface area contributed by atoms with E-state index in [9.17, 15) is 0 Å². The smallest absolute Gasteiger partial charge is 0.128 e. The normalized spacial score (nSPS) is 23.9. The second kappa shape index (κ2) is 6.19. The third-order valence-corrected chi connectivity index (χ3v) is 4.30. The van der Waals surface area contributed by atoms with Gasteiger partial charge in [0.1, 0.15) is 5.82 Å². The minimum atomic E-state index is 0.518. The highest BCUT2D eigenvalue weighted by molar-refractivity contribution is 5.39. The first-order valence-corrected chi connectivity index (χ1v) is 7.13. The lowest BCUT2D eigenvalue weighted by Gasteiger charge is -2.35. The fourth-order valence-corrected chi connectivity index (χ4v) is 2.90. The molecule has 2 N–H and O–H groups in total. The second-order valence-electron chi connectivity index (χ2n) is 5.38. The average molecular weight is 247 g/mol. The van der Waals surface area contributed by atoms with Gasteiger partial charge in [-0.3, -0.25) is 0 Å². The van der Waals surface area contributed by atoms with Crippen LogP contribution in [0.2, 0.25) is 0 Å². The van der Waals surface area contributed by atoms with Crippen molar-refractivity contribution < 1.29 is 0 Å². The van der Waals surface area contributed by atoms with Crippen LogP contribution in [0.4, 0.5) is 5.82 Å². The van der Waals surface area contributed by atoms with E-state index in [1.807, 2.05) is 6.07 Å². The molecule has 0 bridgehead atoms. The lowest BCUT2D eigenvalue weighted by Crippen LogP contribution is -2.35. The molecular weight excluding hydrogens is 222 g/mol. The number of aromatic nitrogens is 1. The standard InChI is InChI=1S/C15H25N3/c1-3-12-7-9-14(10-8-12)18(2)15-6-4-5-13(11-16)17-15/h4-6,12,14H,3,7-11,16H2,1-2H3. The topological polar surface area (TPSA) is 42.1 Å². The Bertz CT molecular complexity index is 370. The number of pyridine rings is 1. The average Bonchev–Trinajstić information content (AvgIpc) is 2.46. The molecule has 0 unspecified atom stereocenters.